The Balaban J connectivity index is 1.53. The predicted octanol–water partition coefficient (Wildman–Crippen LogP) is 3.99. The van der Waals surface area contributed by atoms with Crippen LogP contribution in [0, 0.1) is 13.8 Å². The first-order valence-corrected chi connectivity index (χ1v) is 10.4. The Kier molecular flexibility index (Phi) is 4.33. The average Bonchev–Trinajstić information content (AvgIpc) is 3.18. The maximum Gasteiger partial charge on any atom is 0.248 e. The van der Waals surface area contributed by atoms with Crippen LogP contribution in [0.2, 0.25) is 5.02 Å². The lowest BCUT2D eigenvalue weighted by atomic mass is 9.95. The van der Waals surface area contributed by atoms with E-state index in [-0.39, 0.29) is 4.90 Å². The molecule has 8 heteroatoms. The van der Waals surface area contributed by atoms with Crippen molar-refractivity contribution in [2.24, 2.45) is 0 Å². The van der Waals surface area contributed by atoms with Gasteiger partial charge in [-0.25, -0.2) is 8.42 Å². The van der Waals surface area contributed by atoms with Gasteiger partial charge in [0.2, 0.25) is 10.0 Å². The van der Waals surface area contributed by atoms with Crippen molar-refractivity contribution < 1.29 is 12.9 Å². The van der Waals surface area contributed by atoms with Crippen molar-refractivity contribution >= 4 is 32.5 Å². The molecule has 0 unspecified atom stereocenters. The smallest absolute Gasteiger partial charge is 0.248 e. The van der Waals surface area contributed by atoms with Crippen molar-refractivity contribution in [1.82, 2.24) is 14.4 Å². The number of piperidine rings is 1. The van der Waals surface area contributed by atoms with E-state index in [0.29, 0.717) is 35.5 Å². The number of fused-ring (bicyclic) bond motifs is 1. The summed E-state index contributed by atoms with van der Waals surface area (Å²) < 4.78 is 32.4. The molecule has 2 aromatic heterocycles. The van der Waals surface area contributed by atoms with Gasteiger partial charge in [0.05, 0.1) is 0 Å². The second-order valence-corrected chi connectivity index (χ2v) is 9.10. The Bertz CT molecular complexity index is 1040. The molecule has 0 atom stereocenters. The quantitative estimate of drug-likeness (QED) is 0.729. The molecule has 3 aromatic rings. The molecular weight excluding hydrogens is 374 g/mol. The third kappa shape index (κ3) is 2.94. The number of hydrogen-bond acceptors (Lipinski definition) is 4. The van der Waals surface area contributed by atoms with Crippen LogP contribution >= 0.6 is 11.6 Å². The highest BCUT2D eigenvalue weighted by Crippen LogP contribution is 2.33. The molecule has 26 heavy (non-hydrogen) atoms. The minimum atomic E-state index is -3.57. The van der Waals surface area contributed by atoms with Crippen LogP contribution in [-0.4, -0.2) is 36.0 Å². The van der Waals surface area contributed by atoms with Gasteiger partial charge in [0.15, 0.2) is 5.76 Å². The zero-order chi connectivity index (χ0) is 18.5. The lowest BCUT2D eigenvalue weighted by Crippen LogP contribution is -2.38. The van der Waals surface area contributed by atoms with E-state index in [4.69, 9.17) is 16.1 Å². The van der Waals surface area contributed by atoms with E-state index in [1.165, 1.54) is 4.31 Å². The molecule has 0 radical (unpaired) electrons. The molecule has 0 bridgehead atoms. The number of nitrogens with one attached hydrogen (secondary N) is 1. The van der Waals surface area contributed by atoms with Crippen LogP contribution in [-0.2, 0) is 10.0 Å². The number of aromatic nitrogens is 2. The number of nitrogens with zero attached hydrogens (tertiary/aromatic N) is 2. The Morgan fingerprint density at radius 2 is 1.96 bits per heavy atom. The third-order valence-electron chi connectivity index (χ3n) is 5.06. The predicted molar refractivity (Wildman–Crippen MR) is 100 cm³/mol. The number of aryl methyl sites for hydroxylation is 2. The van der Waals surface area contributed by atoms with Crippen LogP contribution in [0.25, 0.3) is 10.9 Å². The first-order valence-electron chi connectivity index (χ1n) is 8.57. The zero-order valence-electron chi connectivity index (χ0n) is 14.6. The molecule has 1 aliphatic rings. The molecule has 138 valence electrons. The minimum Gasteiger partial charge on any atom is -0.360 e. The van der Waals surface area contributed by atoms with Gasteiger partial charge < -0.3 is 9.51 Å². The lowest BCUT2D eigenvalue weighted by Gasteiger charge is -2.30. The molecule has 0 amide bonds. The Morgan fingerprint density at radius 1 is 1.23 bits per heavy atom. The zero-order valence-corrected chi connectivity index (χ0v) is 16.2. The number of aromatic amines is 1. The largest absolute Gasteiger partial charge is 0.360 e. The maximum absolute atomic E-state index is 12.9. The van der Waals surface area contributed by atoms with Crippen molar-refractivity contribution in [2.45, 2.75) is 37.5 Å². The van der Waals surface area contributed by atoms with Gasteiger partial charge in [0.25, 0.3) is 0 Å². The van der Waals surface area contributed by atoms with Gasteiger partial charge in [0.1, 0.15) is 10.6 Å². The number of halogens is 1. The summed E-state index contributed by atoms with van der Waals surface area (Å²) in [5.74, 6) is 0.648. The van der Waals surface area contributed by atoms with Crippen LogP contribution in [0.1, 0.15) is 35.9 Å². The van der Waals surface area contributed by atoms with E-state index in [1.54, 1.807) is 13.8 Å². The van der Waals surface area contributed by atoms with Crippen LogP contribution in [0.4, 0.5) is 0 Å². The first kappa shape index (κ1) is 17.6. The van der Waals surface area contributed by atoms with Crippen LogP contribution in [0.3, 0.4) is 0 Å². The molecule has 6 nitrogen and oxygen atoms in total. The van der Waals surface area contributed by atoms with Crippen molar-refractivity contribution in [3.8, 4) is 0 Å². The maximum atomic E-state index is 12.9. The monoisotopic (exact) mass is 393 g/mol. The summed E-state index contributed by atoms with van der Waals surface area (Å²) in [6, 6.07) is 7.89. The fourth-order valence-corrected chi connectivity index (χ4v) is 5.67. The van der Waals surface area contributed by atoms with Crippen LogP contribution < -0.4 is 0 Å². The SMILES string of the molecule is Cc1noc(C)c1S(=O)(=O)N1CCC(c2cc3cc(Cl)ccc3[nH]2)CC1. The van der Waals surface area contributed by atoms with E-state index < -0.39 is 10.0 Å². The van der Waals surface area contributed by atoms with Gasteiger partial charge in [-0.1, -0.05) is 16.8 Å². The molecule has 0 saturated carbocycles. The number of rotatable bonds is 3. The number of H-pyrrole nitrogens is 1. The summed E-state index contributed by atoms with van der Waals surface area (Å²) in [6.45, 7) is 4.25. The molecule has 4 rings (SSSR count). The Hall–Kier alpha value is -1.83. The van der Waals surface area contributed by atoms with Gasteiger partial charge in [-0.15, -0.1) is 0 Å². The van der Waals surface area contributed by atoms with Crippen LogP contribution in [0.15, 0.2) is 33.7 Å². The number of hydrogen-bond donors (Lipinski definition) is 1. The molecule has 1 aliphatic heterocycles. The second kappa shape index (κ2) is 6.40. The topological polar surface area (TPSA) is 79.2 Å². The van der Waals surface area contributed by atoms with E-state index in [1.807, 2.05) is 18.2 Å². The molecule has 3 heterocycles. The molecule has 1 N–H and O–H groups in total. The molecule has 0 aliphatic carbocycles. The number of sulfonamides is 1. The summed E-state index contributed by atoms with van der Waals surface area (Å²) in [6.07, 6.45) is 1.53. The third-order valence-corrected chi connectivity index (χ3v) is 7.44. The fraction of sp³-hybridized carbons (Fsp3) is 0.389. The molecule has 1 aromatic carbocycles. The molecular formula is C18H20ClN3O3S. The molecule has 0 spiro atoms. The van der Waals surface area contributed by atoms with Gasteiger partial charge in [-0.05, 0) is 51.0 Å². The Labute approximate surface area is 157 Å². The van der Waals surface area contributed by atoms with Crippen molar-refractivity contribution in [3.05, 3.63) is 46.4 Å². The summed E-state index contributed by atoms with van der Waals surface area (Å²) >= 11 is 6.06. The van der Waals surface area contributed by atoms with Gasteiger partial charge in [-0.2, -0.15) is 4.31 Å². The van der Waals surface area contributed by atoms with Gasteiger partial charge >= 0.3 is 0 Å². The fourth-order valence-electron chi connectivity index (χ4n) is 3.73. The van der Waals surface area contributed by atoms with Gasteiger partial charge in [0, 0.05) is 40.6 Å². The van der Waals surface area contributed by atoms with E-state index in [9.17, 15) is 8.42 Å². The average molecular weight is 394 g/mol. The van der Waals surface area contributed by atoms with Crippen molar-refractivity contribution in [1.29, 1.82) is 0 Å². The standard InChI is InChI=1S/C18H20ClN3O3S/c1-11-18(12(2)25-21-11)26(23,24)22-7-5-13(6-8-22)17-10-14-9-15(19)3-4-16(14)20-17/h3-4,9-10,13,20H,5-8H2,1-2H3. The summed E-state index contributed by atoms with van der Waals surface area (Å²) in [7, 11) is -3.57. The van der Waals surface area contributed by atoms with Crippen molar-refractivity contribution in [3.63, 3.8) is 0 Å². The van der Waals surface area contributed by atoms with Crippen molar-refractivity contribution in [2.75, 3.05) is 13.1 Å². The van der Waals surface area contributed by atoms with Gasteiger partial charge in [-0.3, -0.25) is 0 Å². The number of benzene rings is 1. The highest BCUT2D eigenvalue weighted by Gasteiger charge is 2.34. The molecule has 1 saturated heterocycles. The molecule has 1 fully saturated rings. The lowest BCUT2D eigenvalue weighted by molar-refractivity contribution is 0.316. The van der Waals surface area contributed by atoms with E-state index >= 15 is 0 Å². The summed E-state index contributed by atoms with van der Waals surface area (Å²) in [4.78, 5) is 3.65. The normalized spacial score (nSPS) is 17.2. The minimum absolute atomic E-state index is 0.205. The first-order chi connectivity index (χ1) is 12.4. The summed E-state index contributed by atoms with van der Waals surface area (Å²) in [5.41, 5.74) is 2.60. The summed E-state index contributed by atoms with van der Waals surface area (Å²) in [5, 5.41) is 5.57. The highest BCUT2D eigenvalue weighted by molar-refractivity contribution is 7.89. The Morgan fingerprint density at radius 3 is 2.62 bits per heavy atom. The van der Waals surface area contributed by atoms with Crippen LogP contribution in [0.5, 0.6) is 0 Å². The highest BCUT2D eigenvalue weighted by atomic mass is 35.5. The second-order valence-electron chi connectivity index (χ2n) is 6.79. The van der Waals surface area contributed by atoms with E-state index in [2.05, 4.69) is 16.2 Å². The van der Waals surface area contributed by atoms with E-state index in [0.717, 1.165) is 29.4 Å².